The van der Waals surface area contributed by atoms with Crippen LogP contribution in [0.3, 0.4) is 0 Å². The Morgan fingerprint density at radius 2 is 1.88 bits per heavy atom. The van der Waals surface area contributed by atoms with Crippen LogP contribution in [0.4, 0.5) is 0 Å². The number of nitrogens with one attached hydrogen (secondary N) is 1. The molecule has 0 aliphatic carbocycles. The van der Waals surface area contributed by atoms with Gasteiger partial charge in [0, 0.05) is 17.6 Å². The zero-order valence-electron chi connectivity index (χ0n) is 14.4. The van der Waals surface area contributed by atoms with Gasteiger partial charge in [-0.05, 0) is 48.4 Å². The molecule has 0 unspecified atom stereocenters. The Bertz CT molecular complexity index is 936. The minimum absolute atomic E-state index is 0.238. The summed E-state index contributed by atoms with van der Waals surface area (Å²) in [6.07, 6.45) is 2.56. The number of rotatable bonds is 8. The molecule has 3 rings (SSSR count). The van der Waals surface area contributed by atoms with E-state index in [1.165, 1.54) is 11.3 Å². The summed E-state index contributed by atoms with van der Waals surface area (Å²) in [5, 5.41) is 0. The van der Waals surface area contributed by atoms with E-state index < -0.39 is 10.0 Å². The fourth-order valence-corrected chi connectivity index (χ4v) is 4.64. The van der Waals surface area contributed by atoms with E-state index in [9.17, 15) is 8.42 Å². The number of thiophene rings is 1. The fourth-order valence-electron chi connectivity index (χ4n) is 2.29. The molecule has 0 spiro atoms. The average Bonchev–Trinajstić information content (AvgIpc) is 3.17. The molecule has 1 N–H and O–H groups in total. The number of hydrogen-bond acceptors (Lipinski definition) is 5. The minimum atomic E-state index is -3.48. The lowest BCUT2D eigenvalue weighted by Crippen LogP contribution is -2.22. The highest BCUT2D eigenvalue weighted by Gasteiger charge is 2.16. The van der Waals surface area contributed by atoms with Crippen molar-refractivity contribution in [3.63, 3.8) is 0 Å². The van der Waals surface area contributed by atoms with Gasteiger partial charge >= 0.3 is 0 Å². The summed E-state index contributed by atoms with van der Waals surface area (Å²) >= 11 is 1.31. The van der Waals surface area contributed by atoms with E-state index in [2.05, 4.69) is 9.71 Å². The molecule has 0 saturated heterocycles. The Kier molecular flexibility index (Phi) is 6.03. The second-order valence-electron chi connectivity index (χ2n) is 5.65. The molecule has 5 nitrogen and oxygen atoms in total. The normalized spacial score (nSPS) is 11.4. The monoisotopic (exact) mass is 388 g/mol. The van der Waals surface area contributed by atoms with Crippen LogP contribution in [0.1, 0.15) is 23.1 Å². The van der Waals surface area contributed by atoms with E-state index in [0.29, 0.717) is 16.6 Å². The molecule has 1 aromatic carbocycles. The molecular formula is C19H20N2O3S2. The lowest BCUT2D eigenvalue weighted by Gasteiger charge is -2.08. The molecule has 7 heteroatoms. The summed E-state index contributed by atoms with van der Waals surface area (Å²) in [5.41, 5.74) is 1.72. The molecule has 26 heavy (non-hydrogen) atoms. The number of pyridine rings is 1. The van der Waals surface area contributed by atoms with Gasteiger partial charge in [0.25, 0.3) is 0 Å². The van der Waals surface area contributed by atoms with E-state index in [1.54, 1.807) is 12.3 Å². The smallest absolute Gasteiger partial charge is 0.250 e. The number of benzene rings is 1. The van der Waals surface area contributed by atoms with Crippen molar-refractivity contribution < 1.29 is 13.2 Å². The van der Waals surface area contributed by atoms with E-state index >= 15 is 0 Å². The molecule has 2 aromatic heterocycles. The standard InChI is InChI=1S/C19H20N2O3S2/c1-2-18-10-11-19(25-18)26(22,23)21-13-15-6-8-17(9-7-15)24-14-16-5-3-4-12-20-16/h3-12,21H,2,13-14H2,1H3. The molecule has 0 radical (unpaired) electrons. The van der Waals surface area contributed by atoms with Crippen LogP contribution in [0.25, 0.3) is 0 Å². The zero-order chi connectivity index (χ0) is 18.4. The third kappa shape index (κ3) is 4.91. The number of hydrogen-bond donors (Lipinski definition) is 1. The highest BCUT2D eigenvalue weighted by molar-refractivity contribution is 7.91. The maximum Gasteiger partial charge on any atom is 0.250 e. The molecule has 3 aromatic rings. The van der Waals surface area contributed by atoms with Crippen molar-refractivity contribution in [3.05, 3.63) is 76.9 Å². The number of aromatic nitrogens is 1. The summed E-state index contributed by atoms with van der Waals surface area (Å²) in [6.45, 7) is 2.64. The Balaban J connectivity index is 1.55. The van der Waals surface area contributed by atoms with Gasteiger partial charge in [-0.25, -0.2) is 13.1 Å². The Morgan fingerprint density at radius 1 is 1.08 bits per heavy atom. The van der Waals surface area contributed by atoms with E-state index in [1.807, 2.05) is 55.5 Å². The van der Waals surface area contributed by atoms with Crippen LogP contribution >= 0.6 is 11.3 Å². The van der Waals surface area contributed by atoms with Crippen molar-refractivity contribution in [1.29, 1.82) is 0 Å². The molecule has 0 saturated carbocycles. The van der Waals surface area contributed by atoms with E-state index in [-0.39, 0.29) is 6.54 Å². The van der Waals surface area contributed by atoms with Gasteiger partial charge in [-0.3, -0.25) is 4.98 Å². The van der Waals surface area contributed by atoms with Gasteiger partial charge < -0.3 is 4.74 Å². The molecule has 0 bridgehead atoms. The first kappa shape index (κ1) is 18.6. The topological polar surface area (TPSA) is 68.3 Å². The predicted octanol–water partition coefficient (Wildman–Crippen LogP) is 3.76. The number of ether oxygens (including phenoxy) is 1. The Morgan fingerprint density at radius 3 is 2.54 bits per heavy atom. The number of sulfonamides is 1. The van der Waals surface area contributed by atoms with E-state index in [0.717, 1.165) is 22.6 Å². The lowest BCUT2D eigenvalue weighted by molar-refractivity contribution is 0.301. The molecule has 0 aliphatic rings. The number of aryl methyl sites for hydroxylation is 1. The molecule has 0 amide bonds. The minimum Gasteiger partial charge on any atom is -0.487 e. The third-order valence-electron chi connectivity index (χ3n) is 3.75. The maximum atomic E-state index is 12.3. The van der Waals surface area contributed by atoms with Crippen LogP contribution < -0.4 is 9.46 Å². The van der Waals surface area contributed by atoms with Gasteiger partial charge in [0.2, 0.25) is 10.0 Å². The fraction of sp³-hybridized carbons (Fsp3) is 0.211. The van der Waals surface area contributed by atoms with Crippen molar-refractivity contribution in [3.8, 4) is 5.75 Å². The summed E-state index contributed by atoms with van der Waals surface area (Å²) in [5.74, 6) is 0.716. The Hall–Kier alpha value is -2.22. The van der Waals surface area contributed by atoms with Gasteiger partial charge in [0.15, 0.2) is 0 Å². The van der Waals surface area contributed by atoms with Crippen molar-refractivity contribution >= 4 is 21.4 Å². The second-order valence-corrected chi connectivity index (χ2v) is 8.81. The maximum absolute atomic E-state index is 12.3. The SMILES string of the molecule is CCc1ccc(S(=O)(=O)NCc2ccc(OCc3ccccn3)cc2)s1. The van der Waals surface area contributed by atoms with Crippen LogP contribution in [0.2, 0.25) is 0 Å². The van der Waals surface area contributed by atoms with Gasteiger partial charge in [-0.2, -0.15) is 0 Å². The zero-order valence-corrected chi connectivity index (χ0v) is 16.0. The lowest BCUT2D eigenvalue weighted by atomic mass is 10.2. The molecule has 0 fully saturated rings. The summed E-state index contributed by atoms with van der Waals surface area (Å²) in [7, 11) is -3.48. The van der Waals surface area contributed by atoms with Gasteiger partial charge in [0.05, 0.1) is 5.69 Å². The van der Waals surface area contributed by atoms with Gasteiger partial charge in [-0.1, -0.05) is 25.1 Å². The van der Waals surface area contributed by atoms with Gasteiger partial charge in [-0.15, -0.1) is 11.3 Å². The predicted molar refractivity (Wildman–Crippen MR) is 103 cm³/mol. The van der Waals surface area contributed by atoms with Crippen LogP contribution in [-0.2, 0) is 29.6 Å². The molecular weight excluding hydrogens is 368 g/mol. The van der Waals surface area contributed by atoms with Gasteiger partial charge in [0.1, 0.15) is 16.6 Å². The first-order chi connectivity index (χ1) is 12.6. The highest BCUT2D eigenvalue weighted by Crippen LogP contribution is 2.22. The largest absolute Gasteiger partial charge is 0.487 e. The molecule has 0 aliphatic heterocycles. The van der Waals surface area contributed by atoms with Crippen molar-refractivity contribution in [2.45, 2.75) is 30.7 Å². The summed E-state index contributed by atoms with van der Waals surface area (Å²) < 4.78 is 33.3. The first-order valence-corrected chi connectivity index (χ1v) is 10.6. The Labute approximate surface area is 157 Å². The van der Waals surface area contributed by atoms with Crippen LogP contribution in [0.5, 0.6) is 5.75 Å². The second kappa shape index (κ2) is 8.44. The first-order valence-electron chi connectivity index (χ1n) is 8.27. The van der Waals surface area contributed by atoms with Crippen molar-refractivity contribution in [1.82, 2.24) is 9.71 Å². The quantitative estimate of drug-likeness (QED) is 0.638. The summed E-state index contributed by atoms with van der Waals surface area (Å²) in [4.78, 5) is 5.26. The number of nitrogens with zero attached hydrogens (tertiary/aromatic N) is 1. The average molecular weight is 389 g/mol. The molecule has 136 valence electrons. The highest BCUT2D eigenvalue weighted by atomic mass is 32.2. The van der Waals surface area contributed by atoms with Crippen molar-refractivity contribution in [2.75, 3.05) is 0 Å². The van der Waals surface area contributed by atoms with Crippen LogP contribution in [0, 0.1) is 0 Å². The van der Waals surface area contributed by atoms with Crippen LogP contribution in [-0.4, -0.2) is 13.4 Å². The van der Waals surface area contributed by atoms with Crippen molar-refractivity contribution in [2.24, 2.45) is 0 Å². The van der Waals surface area contributed by atoms with E-state index in [4.69, 9.17) is 4.74 Å². The van der Waals surface area contributed by atoms with Crippen LogP contribution in [0.15, 0.2) is 65.0 Å². The third-order valence-corrected chi connectivity index (χ3v) is 6.88. The molecule has 2 heterocycles. The summed E-state index contributed by atoms with van der Waals surface area (Å²) in [6, 6.07) is 16.5. The molecule has 0 atom stereocenters.